The Balaban J connectivity index is 1.94. The van der Waals surface area contributed by atoms with Gasteiger partial charge in [0.05, 0.1) is 30.3 Å². The summed E-state index contributed by atoms with van der Waals surface area (Å²) in [5.41, 5.74) is 0.737. The average molecular weight is 270 g/mol. The number of amides is 1. The molecule has 0 radical (unpaired) electrons. The van der Waals surface area contributed by atoms with E-state index >= 15 is 0 Å². The summed E-state index contributed by atoms with van der Waals surface area (Å²) < 4.78 is 5.07. The molecule has 0 bridgehead atoms. The summed E-state index contributed by atoms with van der Waals surface area (Å²) in [6, 6.07) is 0. The Morgan fingerprint density at radius 3 is 3.06 bits per heavy atom. The summed E-state index contributed by atoms with van der Waals surface area (Å²) in [6.07, 6.45) is -0.698. The minimum Gasteiger partial charge on any atom is -0.479 e. The Kier molecular flexibility index (Phi) is 3.93. The van der Waals surface area contributed by atoms with Crippen LogP contribution < -0.4 is 0 Å². The summed E-state index contributed by atoms with van der Waals surface area (Å²) >= 11 is 1.50. The number of hydrogen-bond donors (Lipinski definition) is 1. The number of ether oxygens (including phenoxy) is 1. The summed E-state index contributed by atoms with van der Waals surface area (Å²) in [5, 5.41) is 11.6. The number of carbonyl (C=O) groups excluding carboxylic acids is 1. The van der Waals surface area contributed by atoms with Gasteiger partial charge in [0.25, 0.3) is 0 Å². The van der Waals surface area contributed by atoms with E-state index in [9.17, 15) is 9.59 Å². The van der Waals surface area contributed by atoms with Crippen molar-refractivity contribution in [3.63, 3.8) is 0 Å². The lowest BCUT2D eigenvalue weighted by Crippen LogP contribution is -2.49. The first-order valence-corrected chi connectivity index (χ1v) is 6.47. The van der Waals surface area contributed by atoms with Crippen LogP contribution in [0.1, 0.15) is 10.7 Å². The predicted octanol–water partition coefficient (Wildman–Crippen LogP) is 0.306. The maximum atomic E-state index is 12.0. The van der Waals surface area contributed by atoms with Crippen molar-refractivity contribution in [1.82, 2.24) is 9.88 Å². The smallest absolute Gasteiger partial charge is 0.334 e. The number of carbonyl (C=O) groups is 2. The van der Waals surface area contributed by atoms with E-state index < -0.39 is 12.1 Å². The Labute approximate surface area is 108 Å². The summed E-state index contributed by atoms with van der Waals surface area (Å²) in [4.78, 5) is 28.5. The van der Waals surface area contributed by atoms with Gasteiger partial charge in [0, 0.05) is 11.9 Å². The van der Waals surface area contributed by atoms with Crippen LogP contribution >= 0.6 is 11.3 Å². The SMILES string of the molecule is Cc1nc(CC(=O)N2CCOC(C(=O)O)C2)cs1. The zero-order valence-electron chi connectivity index (χ0n) is 9.96. The van der Waals surface area contributed by atoms with Gasteiger partial charge in [0.2, 0.25) is 5.91 Å². The largest absolute Gasteiger partial charge is 0.479 e. The van der Waals surface area contributed by atoms with E-state index in [-0.39, 0.29) is 25.5 Å². The third-order valence-corrected chi connectivity index (χ3v) is 3.52. The molecule has 1 unspecified atom stereocenters. The molecular weight excluding hydrogens is 256 g/mol. The highest BCUT2D eigenvalue weighted by Gasteiger charge is 2.29. The van der Waals surface area contributed by atoms with E-state index in [4.69, 9.17) is 9.84 Å². The molecule has 0 spiro atoms. The maximum absolute atomic E-state index is 12.0. The monoisotopic (exact) mass is 270 g/mol. The molecule has 1 aromatic heterocycles. The number of morpholine rings is 1. The van der Waals surface area contributed by atoms with Crippen LogP contribution in [0.3, 0.4) is 0 Å². The summed E-state index contributed by atoms with van der Waals surface area (Å²) in [5.74, 6) is -1.13. The van der Waals surface area contributed by atoms with Gasteiger partial charge in [-0.15, -0.1) is 11.3 Å². The fraction of sp³-hybridized carbons (Fsp3) is 0.545. The molecule has 6 nitrogen and oxygen atoms in total. The lowest BCUT2D eigenvalue weighted by atomic mass is 10.2. The molecule has 2 heterocycles. The number of aromatic nitrogens is 1. The highest BCUT2D eigenvalue weighted by atomic mass is 32.1. The lowest BCUT2D eigenvalue weighted by Gasteiger charge is -2.30. The summed E-state index contributed by atoms with van der Waals surface area (Å²) in [7, 11) is 0. The molecule has 1 aliphatic rings. The Morgan fingerprint density at radius 1 is 1.67 bits per heavy atom. The molecule has 2 rings (SSSR count). The van der Waals surface area contributed by atoms with Gasteiger partial charge in [0.15, 0.2) is 6.10 Å². The number of aryl methyl sites for hydroxylation is 1. The number of aliphatic carboxylic acids is 1. The van der Waals surface area contributed by atoms with Crippen molar-refractivity contribution in [2.24, 2.45) is 0 Å². The molecule has 98 valence electrons. The number of rotatable bonds is 3. The molecule has 0 saturated carbocycles. The second-order valence-electron chi connectivity index (χ2n) is 4.07. The first-order valence-electron chi connectivity index (χ1n) is 5.59. The standard InChI is InChI=1S/C11H14N2O4S/c1-7-12-8(6-18-7)4-10(14)13-2-3-17-9(5-13)11(15)16/h6,9H,2-5H2,1H3,(H,15,16). The van der Waals surface area contributed by atoms with Gasteiger partial charge < -0.3 is 14.7 Å². The van der Waals surface area contributed by atoms with Crippen LogP contribution in [-0.4, -0.2) is 52.7 Å². The third-order valence-electron chi connectivity index (χ3n) is 2.69. The minimum atomic E-state index is -1.03. The van der Waals surface area contributed by atoms with Crippen molar-refractivity contribution in [3.05, 3.63) is 16.1 Å². The molecule has 1 atom stereocenters. The maximum Gasteiger partial charge on any atom is 0.334 e. The second kappa shape index (κ2) is 5.45. The van der Waals surface area contributed by atoms with Crippen LogP contribution in [-0.2, 0) is 20.7 Å². The van der Waals surface area contributed by atoms with Crippen molar-refractivity contribution < 1.29 is 19.4 Å². The molecule has 0 aliphatic carbocycles. The molecule has 1 aliphatic heterocycles. The van der Waals surface area contributed by atoms with Crippen molar-refractivity contribution in [2.75, 3.05) is 19.7 Å². The van der Waals surface area contributed by atoms with Crippen LogP contribution in [0, 0.1) is 6.92 Å². The third kappa shape index (κ3) is 3.05. The average Bonchev–Trinajstić information content (AvgIpc) is 2.75. The Bertz CT molecular complexity index is 460. The van der Waals surface area contributed by atoms with Crippen LogP contribution in [0.25, 0.3) is 0 Å². The molecule has 1 N–H and O–H groups in total. The number of carboxylic acid groups (broad SMARTS) is 1. The minimum absolute atomic E-state index is 0.102. The number of hydrogen-bond acceptors (Lipinski definition) is 5. The lowest BCUT2D eigenvalue weighted by molar-refractivity contribution is -0.159. The molecular formula is C11H14N2O4S. The van der Waals surface area contributed by atoms with Crippen molar-refractivity contribution in [3.8, 4) is 0 Å². The van der Waals surface area contributed by atoms with E-state index in [0.29, 0.717) is 6.54 Å². The molecule has 1 aromatic rings. The fourth-order valence-electron chi connectivity index (χ4n) is 1.78. The zero-order chi connectivity index (χ0) is 13.1. The van der Waals surface area contributed by atoms with Gasteiger partial charge in [-0.05, 0) is 6.92 Å². The van der Waals surface area contributed by atoms with Gasteiger partial charge in [-0.3, -0.25) is 4.79 Å². The first-order chi connectivity index (χ1) is 8.56. The van der Waals surface area contributed by atoms with Crippen molar-refractivity contribution in [1.29, 1.82) is 0 Å². The molecule has 1 amide bonds. The van der Waals surface area contributed by atoms with Crippen LogP contribution in [0.5, 0.6) is 0 Å². The van der Waals surface area contributed by atoms with Gasteiger partial charge in [0.1, 0.15) is 0 Å². The highest BCUT2D eigenvalue weighted by molar-refractivity contribution is 7.09. The van der Waals surface area contributed by atoms with Crippen molar-refractivity contribution in [2.45, 2.75) is 19.4 Å². The fourth-order valence-corrected chi connectivity index (χ4v) is 2.39. The molecule has 7 heteroatoms. The predicted molar refractivity (Wildman–Crippen MR) is 64.5 cm³/mol. The summed E-state index contributed by atoms with van der Waals surface area (Å²) in [6.45, 7) is 2.69. The van der Waals surface area contributed by atoms with Crippen molar-refractivity contribution >= 4 is 23.2 Å². The number of thiazole rings is 1. The topological polar surface area (TPSA) is 79.7 Å². The molecule has 1 saturated heterocycles. The molecule has 0 aromatic carbocycles. The number of nitrogens with zero attached hydrogens (tertiary/aromatic N) is 2. The molecule has 18 heavy (non-hydrogen) atoms. The van der Waals surface area contributed by atoms with E-state index in [1.54, 1.807) is 0 Å². The van der Waals surface area contributed by atoms with E-state index in [1.165, 1.54) is 16.2 Å². The first kappa shape index (κ1) is 13.0. The Hall–Kier alpha value is -1.47. The normalized spacial score (nSPS) is 19.8. The quantitative estimate of drug-likeness (QED) is 0.855. The second-order valence-corrected chi connectivity index (χ2v) is 5.13. The van der Waals surface area contributed by atoms with Gasteiger partial charge in [-0.2, -0.15) is 0 Å². The van der Waals surface area contributed by atoms with Crippen LogP contribution in [0.15, 0.2) is 5.38 Å². The number of carboxylic acids is 1. The zero-order valence-corrected chi connectivity index (χ0v) is 10.8. The van der Waals surface area contributed by atoms with Gasteiger partial charge in [-0.1, -0.05) is 0 Å². The van der Waals surface area contributed by atoms with Crippen LogP contribution in [0.2, 0.25) is 0 Å². The molecule has 1 fully saturated rings. The van der Waals surface area contributed by atoms with E-state index in [2.05, 4.69) is 4.98 Å². The highest BCUT2D eigenvalue weighted by Crippen LogP contribution is 2.12. The Morgan fingerprint density at radius 2 is 2.44 bits per heavy atom. The van der Waals surface area contributed by atoms with Crippen LogP contribution in [0.4, 0.5) is 0 Å². The van der Waals surface area contributed by atoms with Gasteiger partial charge >= 0.3 is 5.97 Å². The van der Waals surface area contributed by atoms with Gasteiger partial charge in [-0.25, -0.2) is 9.78 Å². The van der Waals surface area contributed by atoms with E-state index in [0.717, 1.165) is 10.7 Å². The van der Waals surface area contributed by atoms with E-state index in [1.807, 2.05) is 12.3 Å².